The third kappa shape index (κ3) is 3.73. The first-order chi connectivity index (χ1) is 7.40. The monoisotopic (exact) mass is 230 g/mol. The minimum absolute atomic E-state index is 0.0143. The van der Waals surface area contributed by atoms with Crippen LogP contribution in [0.5, 0.6) is 0 Å². The molecule has 0 radical (unpaired) electrons. The number of carboxylic acids is 1. The van der Waals surface area contributed by atoms with Crippen molar-refractivity contribution >= 4 is 5.97 Å². The average Bonchev–Trinajstić information content (AvgIpc) is 2.44. The molecule has 1 aliphatic heterocycles. The SMILES string of the molecule is CC(CC(=O)O)N1CC(O)CC1CN(C)C. The van der Waals surface area contributed by atoms with Crippen molar-refractivity contribution in [2.24, 2.45) is 0 Å². The lowest BCUT2D eigenvalue weighted by Gasteiger charge is -2.31. The van der Waals surface area contributed by atoms with Gasteiger partial charge in [0, 0.05) is 25.2 Å². The van der Waals surface area contributed by atoms with Gasteiger partial charge in [0.1, 0.15) is 0 Å². The van der Waals surface area contributed by atoms with E-state index in [-0.39, 0.29) is 24.6 Å². The van der Waals surface area contributed by atoms with E-state index in [1.807, 2.05) is 21.0 Å². The smallest absolute Gasteiger partial charge is 0.304 e. The molecule has 94 valence electrons. The van der Waals surface area contributed by atoms with E-state index in [2.05, 4.69) is 9.80 Å². The molecule has 1 rings (SSSR count). The van der Waals surface area contributed by atoms with Gasteiger partial charge in [-0.3, -0.25) is 9.69 Å². The zero-order valence-electron chi connectivity index (χ0n) is 10.3. The third-order valence-electron chi connectivity index (χ3n) is 3.05. The van der Waals surface area contributed by atoms with Crippen LogP contribution in [0, 0.1) is 0 Å². The molecule has 1 fully saturated rings. The van der Waals surface area contributed by atoms with Gasteiger partial charge in [-0.15, -0.1) is 0 Å². The van der Waals surface area contributed by atoms with Gasteiger partial charge in [0.25, 0.3) is 0 Å². The summed E-state index contributed by atoms with van der Waals surface area (Å²) in [7, 11) is 3.98. The van der Waals surface area contributed by atoms with Crippen LogP contribution in [0.1, 0.15) is 19.8 Å². The van der Waals surface area contributed by atoms with E-state index in [1.165, 1.54) is 0 Å². The van der Waals surface area contributed by atoms with Gasteiger partial charge in [-0.2, -0.15) is 0 Å². The highest BCUT2D eigenvalue weighted by atomic mass is 16.4. The largest absolute Gasteiger partial charge is 0.481 e. The zero-order chi connectivity index (χ0) is 12.3. The van der Waals surface area contributed by atoms with Gasteiger partial charge < -0.3 is 15.1 Å². The van der Waals surface area contributed by atoms with Crippen LogP contribution < -0.4 is 0 Å². The van der Waals surface area contributed by atoms with Crippen LogP contribution in [-0.2, 0) is 4.79 Å². The molecule has 3 atom stereocenters. The molecular weight excluding hydrogens is 208 g/mol. The minimum atomic E-state index is -0.780. The maximum atomic E-state index is 10.7. The fourth-order valence-electron chi connectivity index (χ4n) is 2.43. The number of aliphatic hydroxyl groups excluding tert-OH is 1. The molecule has 0 aliphatic carbocycles. The standard InChI is InChI=1S/C11H22N2O3/c1-8(4-11(15)16)13-7-10(14)5-9(13)6-12(2)3/h8-10,14H,4-7H2,1-3H3,(H,15,16). The van der Waals surface area contributed by atoms with Crippen LogP contribution in [0.3, 0.4) is 0 Å². The summed E-state index contributed by atoms with van der Waals surface area (Å²) in [5.41, 5.74) is 0. The first-order valence-corrected chi connectivity index (χ1v) is 5.70. The summed E-state index contributed by atoms with van der Waals surface area (Å²) < 4.78 is 0. The fraction of sp³-hybridized carbons (Fsp3) is 0.909. The van der Waals surface area contributed by atoms with Crippen molar-refractivity contribution in [3.8, 4) is 0 Å². The van der Waals surface area contributed by atoms with Crippen molar-refractivity contribution in [2.45, 2.75) is 38.0 Å². The summed E-state index contributed by atoms with van der Waals surface area (Å²) in [4.78, 5) is 14.9. The van der Waals surface area contributed by atoms with Crippen molar-refractivity contribution in [2.75, 3.05) is 27.2 Å². The van der Waals surface area contributed by atoms with E-state index < -0.39 is 5.97 Å². The summed E-state index contributed by atoms with van der Waals surface area (Å²) in [5, 5.41) is 18.4. The predicted octanol–water partition coefficient (Wildman–Crippen LogP) is -0.154. The Morgan fingerprint density at radius 1 is 1.56 bits per heavy atom. The third-order valence-corrected chi connectivity index (χ3v) is 3.05. The average molecular weight is 230 g/mol. The molecule has 0 spiro atoms. The molecule has 0 aromatic heterocycles. The summed E-state index contributed by atoms with van der Waals surface area (Å²) in [6, 6.07) is 0.249. The van der Waals surface area contributed by atoms with E-state index in [4.69, 9.17) is 5.11 Å². The number of likely N-dealkylation sites (N-methyl/N-ethyl adjacent to an activating group) is 1. The lowest BCUT2D eigenvalue weighted by Crippen LogP contribution is -2.43. The van der Waals surface area contributed by atoms with Gasteiger partial charge in [0.05, 0.1) is 12.5 Å². The Hall–Kier alpha value is -0.650. The molecule has 0 saturated carbocycles. The molecule has 0 amide bonds. The summed E-state index contributed by atoms with van der Waals surface area (Å²) in [6.07, 6.45) is 0.555. The number of carboxylic acid groups (broad SMARTS) is 1. The first kappa shape index (κ1) is 13.4. The van der Waals surface area contributed by atoms with Crippen molar-refractivity contribution in [3.63, 3.8) is 0 Å². The number of aliphatic hydroxyl groups is 1. The molecule has 1 saturated heterocycles. The Balaban J connectivity index is 2.57. The number of hydrogen-bond acceptors (Lipinski definition) is 4. The van der Waals surface area contributed by atoms with Gasteiger partial charge >= 0.3 is 5.97 Å². The van der Waals surface area contributed by atoms with Crippen molar-refractivity contribution in [3.05, 3.63) is 0 Å². The summed E-state index contributed by atoms with van der Waals surface area (Å²) >= 11 is 0. The van der Waals surface area contributed by atoms with Crippen molar-refractivity contribution in [1.82, 2.24) is 9.80 Å². The molecule has 0 aromatic rings. The number of likely N-dealkylation sites (tertiary alicyclic amines) is 1. The molecular formula is C11H22N2O3. The Labute approximate surface area is 96.7 Å². The minimum Gasteiger partial charge on any atom is -0.481 e. The number of nitrogens with zero attached hydrogens (tertiary/aromatic N) is 2. The molecule has 0 aromatic carbocycles. The van der Waals surface area contributed by atoms with Gasteiger partial charge in [0.2, 0.25) is 0 Å². The molecule has 2 N–H and O–H groups in total. The molecule has 0 bridgehead atoms. The van der Waals surface area contributed by atoms with Crippen LogP contribution >= 0.6 is 0 Å². The lowest BCUT2D eigenvalue weighted by atomic mass is 10.1. The summed E-state index contributed by atoms with van der Waals surface area (Å²) in [5.74, 6) is -0.780. The Kier molecular flexibility index (Phi) is 4.70. The topological polar surface area (TPSA) is 64.0 Å². The Bertz CT molecular complexity index is 245. The maximum Gasteiger partial charge on any atom is 0.304 e. The molecule has 5 nitrogen and oxygen atoms in total. The maximum absolute atomic E-state index is 10.7. The van der Waals surface area contributed by atoms with Gasteiger partial charge in [0.15, 0.2) is 0 Å². The van der Waals surface area contributed by atoms with E-state index in [0.717, 1.165) is 13.0 Å². The molecule has 1 heterocycles. The van der Waals surface area contributed by atoms with E-state index >= 15 is 0 Å². The Morgan fingerprint density at radius 2 is 2.19 bits per heavy atom. The van der Waals surface area contributed by atoms with Crippen LogP contribution in [0.2, 0.25) is 0 Å². The van der Waals surface area contributed by atoms with Gasteiger partial charge in [-0.1, -0.05) is 0 Å². The zero-order valence-corrected chi connectivity index (χ0v) is 10.3. The highest BCUT2D eigenvalue weighted by molar-refractivity contribution is 5.67. The predicted molar refractivity (Wildman–Crippen MR) is 61.4 cm³/mol. The number of rotatable bonds is 5. The molecule has 16 heavy (non-hydrogen) atoms. The second-order valence-corrected chi connectivity index (χ2v) is 4.95. The van der Waals surface area contributed by atoms with Crippen LogP contribution in [-0.4, -0.2) is 71.4 Å². The van der Waals surface area contributed by atoms with Crippen molar-refractivity contribution in [1.29, 1.82) is 0 Å². The van der Waals surface area contributed by atoms with Gasteiger partial charge in [-0.25, -0.2) is 0 Å². The second-order valence-electron chi connectivity index (χ2n) is 4.95. The number of hydrogen-bond donors (Lipinski definition) is 2. The quantitative estimate of drug-likeness (QED) is 0.687. The van der Waals surface area contributed by atoms with Crippen molar-refractivity contribution < 1.29 is 15.0 Å². The van der Waals surface area contributed by atoms with E-state index in [0.29, 0.717) is 6.54 Å². The van der Waals surface area contributed by atoms with Crippen LogP contribution in [0.25, 0.3) is 0 Å². The molecule has 3 unspecified atom stereocenters. The van der Waals surface area contributed by atoms with E-state index in [1.54, 1.807) is 0 Å². The molecule has 5 heteroatoms. The van der Waals surface area contributed by atoms with Crippen LogP contribution in [0.15, 0.2) is 0 Å². The number of β-amino-alcohol motifs (C(OH)–C–C–N with tert-alkyl or cyclic N) is 1. The number of aliphatic carboxylic acids is 1. The summed E-state index contributed by atoms with van der Waals surface area (Å²) in [6.45, 7) is 3.36. The number of carbonyl (C=O) groups is 1. The lowest BCUT2D eigenvalue weighted by molar-refractivity contribution is -0.138. The van der Waals surface area contributed by atoms with E-state index in [9.17, 15) is 9.90 Å². The fourth-order valence-corrected chi connectivity index (χ4v) is 2.43. The van der Waals surface area contributed by atoms with Crippen LogP contribution in [0.4, 0.5) is 0 Å². The van der Waals surface area contributed by atoms with Gasteiger partial charge in [-0.05, 0) is 27.4 Å². The highest BCUT2D eigenvalue weighted by Crippen LogP contribution is 2.22. The normalized spacial score (nSPS) is 28.6. The highest BCUT2D eigenvalue weighted by Gasteiger charge is 2.34. The second kappa shape index (κ2) is 5.61. The molecule has 1 aliphatic rings. The Morgan fingerprint density at radius 3 is 2.69 bits per heavy atom. The first-order valence-electron chi connectivity index (χ1n) is 5.70.